The van der Waals surface area contributed by atoms with Crippen LogP contribution in [-0.2, 0) is 19.1 Å². The van der Waals surface area contributed by atoms with Crippen molar-refractivity contribution in [2.45, 2.75) is 77.2 Å². The predicted molar refractivity (Wildman–Crippen MR) is 144 cm³/mol. The minimum Gasteiger partial charge on any atom is -0.460 e. The second kappa shape index (κ2) is 12.3. The molecule has 1 N–H and O–H groups in total. The first-order valence-corrected chi connectivity index (χ1v) is 12.8. The molecule has 0 aliphatic heterocycles. The molecule has 3 unspecified atom stereocenters. The molecular weight excluding hydrogens is 542 g/mol. The number of carbonyl (C=O) groups excluding carboxylic acids is 2. The van der Waals surface area contributed by atoms with Crippen LogP contribution in [-0.4, -0.2) is 36.4 Å². The van der Waals surface area contributed by atoms with E-state index in [0.29, 0.717) is 10.6 Å². The molecule has 0 spiro atoms. The maximum Gasteiger partial charge on any atom is 0.392 e. The summed E-state index contributed by atoms with van der Waals surface area (Å²) in [4.78, 5) is 26.0. The van der Waals surface area contributed by atoms with Crippen molar-refractivity contribution in [3.63, 3.8) is 0 Å². The van der Waals surface area contributed by atoms with Crippen molar-refractivity contribution >= 4 is 40.8 Å². The van der Waals surface area contributed by atoms with Crippen LogP contribution in [0, 0.1) is 5.92 Å². The summed E-state index contributed by atoms with van der Waals surface area (Å²) in [6.45, 7) is 9.84. The topological polar surface area (TPSA) is 64.6 Å². The highest BCUT2D eigenvalue weighted by Gasteiger charge is 2.45. The molecular formula is C28H34Cl2F3NO4. The van der Waals surface area contributed by atoms with Crippen LogP contribution in [0.4, 0.5) is 18.9 Å². The molecule has 0 saturated carbocycles. The molecule has 0 bridgehead atoms. The number of hydrogen-bond donors (Lipinski definition) is 1. The molecule has 0 fully saturated rings. The Morgan fingerprint density at radius 3 is 2.00 bits per heavy atom. The number of anilines is 1. The van der Waals surface area contributed by atoms with Crippen LogP contribution in [0.2, 0.25) is 10.0 Å². The highest BCUT2D eigenvalue weighted by Crippen LogP contribution is 2.40. The molecule has 0 radical (unpaired) electrons. The summed E-state index contributed by atoms with van der Waals surface area (Å²) in [5.74, 6) is -5.39. The molecule has 0 saturated heterocycles. The van der Waals surface area contributed by atoms with Gasteiger partial charge in [0, 0.05) is 18.1 Å². The Morgan fingerprint density at radius 2 is 1.50 bits per heavy atom. The quantitative estimate of drug-likeness (QED) is 0.306. The van der Waals surface area contributed by atoms with Crippen LogP contribution in [0.1, 0.15) is 70.9 Å². The van der Waals surface area contributed by atoms with E-state index in [-0.39, 0.29) is 22.7 Å². The van der Waals surface area contributed by atoms with Crippen LogP contribution >= 0.6 is 23.2 Å². The van der Waals surface area contributed by atoms with Gasteiger partial charge in [-0.2, -0.15) is 13.2 Å². The van der Waals surface area contributed by atoms with Gasteiger partial charge in [-0.25, -0.2) is 0 Å². The van der Waals surface area contributed by atoms with E-state index in [0.717, 1.165) is 6.92 Å². The SMILES string of the molecule is COC(C)(C)C(CC(=O)OC(C)(C)C)c1ccc(Cl)c(NC(=O)C(c2ccc(Cl)cc2)C(C)C(F)(F)F)c1. The number of rotatable bonds is 9. The third-order valence-corrected chi connectivity index (χ3v) is 6.92. The lowest BCUT2D eigenvalue weighted by molar-refractivity contribution is -0.178. The van der Waals surface area contributed by atoms with Gasteiger partial charge in [-0.1, -0.05) is 48.3 Å². The molecule has 2 aromatic rings. The molecule has 210 valence electrons. The number of esters is 1. The lowest BCUT2D eigenvalue weighted by Gasteiger charge is -2.34. The van der Waals surface area contributed by atoms with Crippen LogP contribution in [0.3, 0.4) is 0 Å². The summed E-state index contributed by atoms with van der Waals surface area (Å²) in [5.41, 5.74) is -0.655. The predicted octanol–water partition coefficient (Wildman–Crippen LogP) is 8.15. The standard InChI is InChI=1S/C28H34Cl2F3NO4/c1-16(28(31,32)33)24(17-8-11-19(29)12-9-17)25(36)34-22-14-18(10-13-21(22)30)20(27(5,6)37-7)15-23(35)38-26(2,3)4/h8-14,16,20,24H,15H2,1-7H3,(H,34,36). The number of halogens is 5. The number of amides is 1. The summed E-state index contributed by atoms with van der Waals surface area (Å²) in [7, 11) is 1.51. The molecule has 0 aliphatic carbocycles. The highest BCUT2D eigenvalue weighted by atomic mass is 35.5. The highest BCUT2D eigenvalue weighted by molar-refractivity contribution is 6.33. The van der Waals surface area contributed by atoms with Crippen LogP contribution in [0.15, 0.2) is 42.5 Å². The minimum atomic E-state index is -4.63. The first kappa shape index (κ1) is 31.9. The molecule has 1 amide bonds. The second-order valence-electron chi connectivity index (χ2n) is 10.7. The van der Waals surface area contributed by atoms with Gasteiger partial charge in [0.2, 0.25) is 5.91 Å². The number of methoxy groups -OCH3 is 1. The van der Waals surface area contributed by atoms with Crippen molar-refractivity contribution in [2.24, 2.45) is 5.92 Å². The van der Waals surface area contributed by atoms with Gasteiger partial charge in [-0.15, -0.1) is 0 Å². The Bertz CT molecular complexity index is 1130. The zero-order valence-corrected chi connectivity index (χ0v) is 24.0. The van der Waals surface area contributed by atoms with Gasteiger partial charge in [0.15, 0.2) is 0 Å². The van der Waals surface area contributed by atoms with E-state index in [4.69, 9.17) is 32.7 Å². The van der Waals surface area contributed by atoms with Gasteiger partial charge < -0.3 is 14.8 Å². The van der Waals surface area contributed by atoms with Gasteiger partial charge in [-0.3, -0.25) is 9.59 Å². The number of hydrogen-bond acceptors (Lipinski definition) is 4. The third-order valence-electron chi connectivity index (χ3n) is 6.33. The molecule has 38 heavy (non-hydrogen) atoms. The fourth-order valence-electron chi connectivity index (χ4n) is 4.05. The van der Waals surface area contributed by atoms with E-state index in [2.05, 4.69) is 5.32 Å². The first-order valence-electron chi connectivity index (χ1n) is 12.0. The van der Waals surface area contributed by atoms with E-state index < -0.39 is 47.0 Å². The number of carbonyl (C=O) groups is 2. The van der Waals surface area contributed by atoms with Crippen LogP contribution < -0.4 is 5.32 Å². The normalized spacial score (nSPS) is 14.9. The average Bonchev–Trinajstić information content (AvgIpc) is 2.78. The Balaban J connectivity index is 2.47. The van der Waals surface area contributed by atoms with E-state index in [9.17, 15) is 22.8 Å². The second-order valence-corrected chi connectivity index (χ2v) is 11.6. The summed E-state index contributed by atoms with van der Waals surface area (Å²) in [6, 6.07) is 10.4. The molecule has 0 aliphatic rings. The van der Waals surface area contributed by atoms with Crippen molar-refractivity contribution < 1.29 is 32.2 Å². The summed E-state index contributed by atoms with van der Waals surface area (Å²) in [6.07, 6.45) is -4.67. The molecule has 10 heteroatoms. The fraction of sp³-hybridized carbons (Fsp3) is 0.500. The number of ether oxygens (including phenoxy) is 2. The average molecular weight is 576 g/mol. The Morgan fingerprint density at radius 1 is 0.947 bits per heavy atom. The first-order chi connectivity index (χ1) is 17.4. The van der Waals surface area contributed by atoms with Gasteiger partial charge >= 0.3 is 12.1 Å². The van der Waals surface area contributed by atoms with Gasteiger partial charge in [0.25, 0.3) is 0 Å². The monoisotopic (exact) mass is 575 g/mol. The van der Waals surface area contributed by atoms with Crippen molar-refractivity contribution in [1.82, 2.24) is 0 Å². The van der Waals surface area contributed by atoms with Crippen molar-refractivity contribution in [3.05, 3.63) is 63.6 Å². The zero-order valence-electron chi connectivity index (χ0n) is 22.5. The summed E-state index contributed by atoms with van der Waals surface area (Å²) < 4.78 is 52.3. The van der Waals surface area contributed by atoms with Gasteiger partial charge in [-0.05, 0) is 70.0 Å². The van der Waals surface area contributed by atoms with E-state index >= 15 is 0 Å². The zero-order chi connectivity index (χ0) is 29.1. The fourth-order valence-corrected chi connectivity index (χ4v) is 4.34. The molecule has 0 aromatic heterocycles. The Kier molecular flexibility index (Phi) is 10.3. The van der Waals surface area contributed by atoms with Crippen molar-refractivity contribution in [1.29, 1.82) is 0 Å². The largest absolute Gasteiger partial charge is 0.460 e. The minimum absolute atomic E-state index is 0.0361. The van der Waals surface area contributed by atoms with Crippen molar-refractivity contribution in [3.8, 4) is 0 Å². The summed E-state index contributed by atoms with van der Waals surface area (Å²) >= 11 is 12.2. The molecule has 3 atom stereocenters. The molecule has 2 aromatic carbocycles. The lowest BCUT2D eigenvalue weighted by Crippen LogP contribution is -2.35. The lowest BCUT2D eigenvalue weighted by atomic mass is 9.81. The van der Waals surface area contributed by atoms with Crippen molar-refractivity contribution in [2.75, 3.05) is 12.4 Å². The molecule has 2 rings (SSSR count). The summed E-state index contributed by atoms with van der Waals surface area (Å²) in [5, 5.41) is 3.03. The van der Waals surface area contributed by atoms with Crippen LogP contribution in [0.5, 0.6) is 0 Å². The van der Waals surface area contributed by atoms with E-state index in [1.807, 2.05) is 0 Å². The smallest absolute Gasteiger partial charge is 0.392 e. The van der Waals surface area contributed by atoms with Gasteiger partial charge in [0.05, 0.1) is 34.6 Å². The van der Waals surface area contributed by atoms with Crippen LogP contribution in [0.25, 0.3) is 0 Å². The third kappa shape index (κ3) is 8.61. The maximum absolute atomic E-state index is 13.7. The number of nitrogens with one attached hydrogen (secondary N) is 1. The molecule has 5 nitrogen and oxygen atoms in total. The van der Waals surface area contributed by atoms with E-state index in [1.165, 1.54) is 37.4 Å². The number of alkyl halides is 3. The number of benzene rings is 2. The molecule has 0 heterocycles. The Labute approximate surface area is 232 Å². The maximum atomic E-state index is 13.7. The van der Waals surface area contributed by atoms with E-state index in [1.54, 1.807) is 46.8 Å². The Hall–Kier alpha value is -2.29. The van der Waals surface area contributed by atoms with Gasteiger partial charge in [0.1, 0.15) is 5.60 Å².